The first-order valence-electron chi connectivity index (χ1n) is 9.66. The number of fused-ring (bicyclic) bond motifs is 2. The molecule has 1 atom stereocenters. The van der Waals surface area contributed by atoms with Crippen molar-refractivity contribution in [2.75, 3.05) is 13.1 Å². The molecule has 27 heavy (non-hydrogen) atoms. The van der Waals surface area contributed by atoms with E-state index in [1.165, 1.54) is 0 Å². The monoisotopic (exact) mass is 366 g/mol. The van der Waals surface area contributed by atoms with Gasteiger partial charge in [-0.1, -0.05) is 18.2 Å². The minimum absolute atomic E-state index is 0.143. The van der Waals surface area contributed by atoms with Gasteiger partial charge in [-0.05, 0) is 38.8 Å². The lowest BCUT2D eigenvalue weighted by molar-refractivity contribution is 0.397. The van der Waals surface area contributed by atoms with Crippen molar-refractivity contribution in [3.05, 3.63) is 47.7 Å². The van der Waals surface area contributed by atoms with E-state index in [2.05, 4.69) is 39.8 Å². The fourth-order valence-electron chi connectivity index (χ4n) is 3.53. The third-order valence-electron chi connectivity index (χ3n) is 4.74. The molecule has 0 amide bonds. The maximum Gasteiger partial charge on any atom is 0.191 e. The third kappa shape index (κ3) is 3.97. The minimum atomic E-state index is 0.143. The molecule has 3 aromatic rings. The topological polar surface area (TPSA) is 80.3 Å². The number of nitrogens with zero attached hydrogens (tertiary/aromatic N) is 4. The Morgan fingerprint density at radius 1 is 1.37 bits per heavy atom. The van der Waals surface area contributed by atoms with Gasteiger partial charge in [-0.15, -0.1) is 0 Å². The van der Waals surface area contributed by atoms with Gasteiger partial charge < -0.3 is 15.1 Å². The molecular formula is C20H26N6O. The van der Waals surface area contributed by atoms with E-state index >= 15 is 0 Å². The van der Waals surface area contributed by atoms with Crippen LogP contribution in [0.3, 0.4) is 0 Å². The number of benzene rings is 1. The molecule has 142 valence electrons. The molecule has 0 saturated heterocycles. The molecule has 0 spiro atoms. The molecule has 3 heterocycles. The summed E-state index contributed by atoms with van der Waals surface area (Å²) >= 11 is 0. The summed E-state index contributed by atoms with van der Waals surface area (Å²) in [6.07, 6.45) is 2.89. The second-order valence-electron chi connectivity index (χ2n) is 6.84. The van der Waals surface area contributed by atoms with Crippen molar-refractivity contribution in [2.24, 2.45) is 4.99 Å². The summed E-state index contributed by atoms with van der Waals surface area (Å²) in [6.45, 7) is 6.43. The zero-order valence-corrected chi connectivity index (χ0v) is 15.9. The van der Waals surface area contributed by atoms with Gasteiger partial charge in [0.25, 0.3) is 0 Å². The molecule has 4 rings (SSSR count). The lowest BCUT2D eigenvalue weighted by Crippen LogP contribution is -2.41. The van der Waals surface area contributed by atoms with Gasteiger partial charge >= 0.3 is 0 Å². The molecule has 1 unspecified atom stereocenters. The number of para-hydroxylation sites is 1. The van der Waals surface area contributed by atoms with Crippen molar-refractivity contribution in [1.29, 1.82) is 0 Å². The predicted molar refractivity (Wildman–Crippen MR) is 106 cm³/mol. The fraction of sp³-hybridized carbons (Fsp3) is 0.450. The summed E-state index contributed by atoms with van der Waals surface area (Å²) < 4.78 is 7.89. The number of aliphatic imine (C=N–C) groups is 1. The summed E-state index contributed by atoms with van der Waals surface area (Å²) in [4.78, 5) is 9.32. The van der Waals surface area contributed by atoms with Crippen molar-refractivity contribution in [3.8, 4) is 0 Å². The Labute approximate surface area is 158 Å². The van der Waals surface area contributed by atoms with E-state index < -0.39 is 0 Å². The van der Waals surface area contributed by atoms with Crippen LogP contribution in [0.2, 0.25) is 0 Å². The van der Waals surface area contributed by atoms with Crippen LogP contribution in [0.25, 0.3) is 11.0 Å². The van der Waals surface area contributed by atoms with Crippen molar-refractivity contribution < 1.29 is 4.42 Å². The number of furan rings is 1. The van der Waals surface area contributed by atoms with E-state index in [0.29, 0.717) is 6.54 Å². The quantitative estimate of drug-likeness (QED) is 0.536. The van der Waals surface area contributed by atoms with Crippen LogP contribution in [-0.2, 0) is 13.0 Å². The molecule has 1 aliphatic heterocycles. The molecule has 2 N–H and O–H groups in total. The maximum absolute atomic E-state index is 5.88. The van der Waals surface area contributed by atoms with Crippen molar-refractivity contribution in [3.63, 3.8) is 0 Å². The van der Waals surface area contributed by atoms with Gasteiger partial charge in [-0.25, -0.2) is 9.67 Å². The average molecular weight is 366 g/mol. The Morgan fingerprint density at radius 2 is 2.26 bits per heavy atom. The van der Waals surface area contributed by atoms with E-state index in [0.717, 1.165) is 66.7 Å². The minimum Gasteiger partial charge on any atom is -0.461 e. The molecule has 0 radical (unpaired) electrons. The molecule has 0 fully saturated rings. The van der Waals surface area contributed by atoms with Gasteiger partial charge in [-0.3, -0.25) is 4.99 Å². The highest BCUT2D eigenvalue weighted by molar-refractivity contribution is 5.80. The number of hydrogen-bond acceptors (Lipinski definition) is 4. The largest absolute Gasteiger partial charge is 0.461 e. The number of guanidine groups is 1. The SMILES string of the molecule is CCNC(=NCCc1cc2ccccc2o1)NC1CCCn2nc(C)nc21. The molecule has 1 aliphatic rings. The maximum atomic E-state index is 5.88. The van der Waals surface area contributed by atoms with Crippen molar-refractivity contribution >= 4 is 16.9 Å². The normalized spacial score (nSPS) is 17.1. The van der Waals surface area contributed by atoms with E-state index in [-0.39, 0.29) is 6.04 Å². The number of rotatable bonds is 5. The first-order chi connectivity index (χ1) is 13.2. The third-order valence-corrected chi connectivity index (χ3v) is 4.74. The van der Waals surface area contributed by atoms with Gasteiger partial charge in [0, 0.05) is 31.4 Å². The number of aromatic nitrogens is 3. The van der Waals surface area contributed by atoms with Gasteiger partial charge in [0.15, 0.2) is 5.96 Å². The molecular weight excluding hydrogens is 340 g/mol. The summed E-state index contributed by atoms with van der Waals surface area (Å²) in [5, 5.41) is 12.5. The van der Waals surface area contributed by atoms with E-state index in [1.807, 2.05) is 29.8 Å². The fourth-order valence-corrected chi connectivity index (χ4v) is 3.53. The van der Waals surface area contributed by atoms with Gasteiger partial charge in [0.2, 0.25) is 0 Å². The summed E-state index contributed by atoms with van der Waals surface area (Å²) in [7, 11) is 0. The molecule has 0 saturated carbocycles. The second-order valence-corrected chi connectivity index (χ2v) is 6.84. The molecule has 0 aliphatic carbocycles. The van der Waals surface area contributed by atoms with E-state index in [9.17, 15) is 0 Å². The van der Waals surface area contributed by atoms with Crippen LogP contribution >= 0.6 is 0 Å². The van der Waals surface area contributed by atoms with Crippen LogP contribution in [-0.4, -0.2) is 33.8 Å². The molecule has 0 bridgehead atoms. The molecule has 2 aromatic heterocycles. The first-order valence-corrected chi connectivity index (χ1v) is 9.66. The Balaban J connectivity index is 1.42. The van der Waals surface area contributed by atoms with Gasteiger partial charge in [-0.2, -0.15) is 5.10 Å². The highest BCUT2D eigenvalue weighted by Crippen LogP contribution is 2.23. The summed E-state index contributed by atoms with van der Waals surface area (Å²) in [6, 6.07) is 10.3. The van der Waals surface area contributed by atoms with Gasteiger partial charge in [0.05, 0.1) is 6.04 Å². The predicted octanol–water partition coefficient (Wildman–Crippen LogP) is 2.97. The number of nitrogens with one attached hydrogen (secondary N) is 2. The molecule has 7 heteroatoms. The standard InChI is InChI=1S/C20H26N6O/c1-3-21-20(24-17-8-6-12-26-19(17)23-14(2)25-26)22-11-10-16-13-15-7-4-5-9-18(15)27-16/h4-5,7,9,13,17H,3,6,8,10-12H2,1-2H3,(H2,21,22,24). The Morgan fingerprint density at radius 3 is 3.11 bits per heavy atom. The highest BCUT2D eigenvalue weighted by Gasteiger charge is 2.24. The van der Waals surface area contributed by atoms with Crippen LogP contribution in [0.15, 0.2) is 39.7 Å². The van der Waals surface area contributed by atoms with E-state index in [1.54, 1.807) is 0 Å². The van der Waals surface area contributed by atoms with Crippen LogP contribution in [0.4, 0.5) is 0 Å². The van der Waals surface area contributed by atoms with Gasteiger partial charge in [0.1, 0.15) is 23.0 Å². The number of hydrogen-bond donors (Lipinski definition) is 2. The smallest absolute Gasteiger partial charge is 0.191 e. The Bertz CT molecular complexity index is 908. The van der Waals surface area contributed by atoms with E-state index in [4.69, 9.17) is 9.41 Å². The van der Waals surface area contributed by atoms with Crippen molar-refractivity contribution in [2.45, 2.75) is 45.7 Å². The Kier molecular flexibility index (Phi) is 5.09. The average Bonchev–Trinajstić information content (AvgIpc) is 3.24. The first kappa shape index (κ1) is 17.6. The zero-order valence-electron chi connectivity index (χ0n) is 15.9. The lowest BCUT2D eigenvalue weighted by Gasteiger charge is -2.25. The van der Waals surface area contributed by atoms with Crippen LogP contribution in [0.1, 0.15) is 43.2 Å². The number of aryl methyl sites for hydroxylation is 2. The second kappa shape index (κ2) is 7.82. The molecule has 1 aromatic carbocycles. The van der Waals surface area contributed by atoms with Crippen LogP contribution in [0.5, 0.6) is 0 Å². The van der Waals surface area contributed by atoms with Crippen LogP contribution < -0.4 is 10.6 Å². The highest BCUT2D eigenvalue weighted by atomic mass is 16.3. The summed E-state index contributed by atoms with van der Waals surface area (Å²) in [5.41, 5.74) is 0.929. The molecule has 7 nitrogen and oxygen atoms in total. The Hall–Kier alpha value is -2.83. The lowest BCUT2D eigenvalue weighted by atomic mass is 10.1. The zero-order chi connectivity index (χ0) is 18.6. The summed E-state index contributed by atoms with van der Waals surface area (Å²) in [5.74, 6) is 3.60. The van der Waals surface area contributed by atoms with Crippen LogP contribution in [0, 0.1) is 6.92 Å². The van der Waals surface area contributed by atoms with Crippen molar-refractivity contribution in [1.82, 2.24) is 25.4 Å².